The maximum absolute atomic E-state index is 12.5. The molecule has 2 fully saturated rings. The van der Waals surface area contributed by atoms with Crippen LogP contribution in [0, 0.1) is 13.8 Å². The van der Waals surface area contributed by atoms with Gasteiger partial charge in [-0.3, -0.25) is 4.79 Å². The number of nitrogens with one attached hydrogen (secondary N) is 1. The molecule has 1 N–H and O–H groups in total. The van der Waals surface area contributed by atoms with Crippen LogP contribution in [0.5, 0.6) is 0 Å². The van der Waals surface area contributed by atoms with Gasteiger partial charge in [-0.15, -0.1) is 0 Å². The van der Waals surface area contributed by atoms with Crippen LogP contribution in [0.3, 0.4) is 0 Å². The zero-order valence-electron chi connectivity index (χ0n) is 13.4. The van der Waals surface area contributed by atoms with Gasteiger partial charge in [0.2, 0.25) is 0 Å². The van der Waals surface area contributed by atoms with Crippen LogP contribution in [-0.2, 0) is 11.8 Å². The minimum Gasteiger partial charge on any atom is -0.373 e. The highest BCUT2D eigenvalue weighted by molar-refractivity contribution is 5.95. The zero-order valence-corrected chi connectivity index (χ0v) is 13.4. The minimum absolute atomic E-state index is 0.0395. The number of rotatable bonds is 2. The van der Waals surface area contributed by atoms with Crippen molar-refractivity contribution in [3.63, 3.8) is 0 Å². The molecule has 1 atom stereocenters. The van der Waals surface area contributed by atoms with Gasteiger partial charge in [-0.2, -0.15) is 0 Å². The fraction of sp³-hybridized carbons (Fsp3) is 0.706. The number of carbonyl (C=O) groups excluding carboxylic acids is 1. The second-order valence-corrected chi connectivity index (χ2v) is 6.77. The van der Waals surface area contributed by atoms with E-state index in [4.69, 9.17) is 4.74 Å². The summed E-state index contributed by atoms with van der Waals surface area (Å²) < 4.78 is 8.13. The molecule has 1 aliphatic heterocycles. The SMILES string of the molecule is Cc1cc(C(=O)NC2COC3(CCCCC3)C2)c(C)n1C. The lowest BCUT2D eigenvalue weighted by molar-refractivity contribution is -0.0246. The maximum Gasteiger partial charge on any atom is 0.253 e. The van der Waals surface area contributed by atoms with Crippen LogP contribution in [-0.4, -0.2) is 28.7 Å². The lowest BCUT2D eigenvalue weighted by Crippen LogP contribution is -2.37. The van der Waals surface area contributed by atoms with Gasteiger partial charge in [0.15, 0.2) is 0 Å². The normalized spacial score (nSPS) is 24.4. The Morgan fingerprint density at radius 2 is 2.05 bits per heavy atom. The van der Waals surface area contributed by atoms with Crippen molar-refractivity contribution in [3.05, 3.63) is 23.0 Å². The van der Waals surface area contributed by atoms with Gasteiger partial charge < -0.3 is 14.6 Å². The molecule has 1 aromatic heterocycles. The number of carbonyl (C=O) groups is 1. The molecule has 2 aliphatic rings. The van der Waals surface area contributed by atoms with Gasteiger partial charge in [0.25, 0.3) is 5.91 Å². The van der Waals surface area contributed by atoms with Crippen LogP contribution in [0.4, 0.5) is 0 Å². The van der Waals surface area contributed by atoms with E-state index in [0.717, 1.165) is 36.2 Å². The molecule has 1 amide bonds. The first-order chi connectivity index (χ1) is 10.0. The number of ether oxygens (including phenoxy) is 1. The number of hydrogen-bond donors (Lipinski definition) is 1. The van der Waals surface area contributed by atoms with Gasteiger partial charge in [-0.25, -0.2) is 0 Å². The number of aromatic nitrogens is 1. The topological polar surface area (TPSA) is 43.3 Å². The molecule has 0 radical (unpaired) electrons. The van der Waals surface area contributed by atoms with E-state index in [1.807, 2.05) is 27.0 Å². The Bertz CT molecular complexity index is 541. The lowest BCUT2D eigenvalue weighted by atomic mass is 9.82. The molecule has 1 unspecified atom stereocenters. The fourth-order valence-corrected chi connectivity index (χ4v) is 3.83. The molecule has 0 aromatic carbocycles. The van der Waals surface area contributed by atoms with Gasteiger partial charge in [0.1, 0.15) is 0 Å². The highest BCUT2D eigenvalue weighted by Crippen LogP contribution is 2.39. The molecule has 1 aliphatic carbocycles. The summed E-state index contributed by atoms with van der Waals surface area (Å²) >= 11 is 0. The van der Waals surface area contributed by atoms with Crippen LogP contribution >= 0.6 is 0 Å². The molecule has 0 bridgehead atoms. The third-order valence-electron chi connectivity index (χ3n) is 5.33. The first kappa shape index (κ1) is 14.6. The summed E-state index contributed by atoms with van der Waals surface area (Å²) in [6, 6.07) is 2.13. The molecule has 4 nitrogen and oxygen atoms in total. The molecule has 2 heterocycles. The monoisotopic (exact) mass is 290 g/mol. The van der Waals surface area contributed by atoms with Crippen molar-refractivity contribution in [1.29, 1.82) is 0 Å². The predicted octanol–water partition coefficient (Wildman–Crippen LogP) is 2.86. The van der Waals surface area contributed by atoms with Gasteiger partial charge in [0.05, 0.1) is 23.8 Å². The Morgan fingerprint density at radius 1 is 1.33 bits per heavy atom. The summed E-state index contributed by atoms with van der Waals surface area (Å²) in [5, 5.41) is 3.17. The van der Waals surface area contributed by atoms with Gasteiger partial charge in [0, 0.05) is 18.4 Å². The number of nitrogens with zero attached hydrogens (tertiary/aromatic N) is 1. The first-order valence-corrected chi connectivity index (χ1v) is 8.08. The summed E-state index contributed by atoms with van der Waals surface area (Å²) in [5.41, 5.74) is 2.98. The molecule has 1 aromatic rings. The molecule has 4 heteroatoms. The van der Waals surface area contributed by atoms with Crippen LogP contribution < -0.4 is 5.32 Å². The van der Waals surface area contributed by atoms with Crippen LogP contribution in [0.25, 0.3) is 0 Å². The minimum atomic E-state index is 0.0395. The zero-order chi connectivity index (χ0) is 15.0. The standard InChI is InChI=1S/C17H26N2O2/c1-12-9-15(13(2)19(12)3)16(20)18-14-10-17(21-11-14)7-5-4-6-8-17/h9,14H,4-8,10-11H2,1-3H3,(H,18,20). The van der Waals surface area contributed by atoms with E-state index >= 15 is 0 Å². The van der Waals surface area contributed by atoms with E-state index in [2.05, 4.69) is 9.88 Å². The third-order valence-corrected chi connectivity index (χ3v) is 5.33. The van der Waals surface area contributed by atoms with E-state index in [1.165, 1.54) is 19.3 Å². The fourth-order valence-electron chi connectivity index (χ4n) is 3.83. The van der Waals surface area contributed by atoms with Crippen molar-refractivity contribution >= 4 is 5.91 Å². The van der Waals surface area contributed by atoms with E-state index in [0.29, 0.717) is 6.61 Å². The lowest BCUT2D eigenvalue weighted by Gasteiger charge is -2.32. The van der Waals surface area contributed by atoms with Crippen LogP contribution in [0.2, 0.25) is 0 Å². The molecule has 1 spiro atoms. The molecule has 3 rings (SSSR count). The van der Waals surface area contributed by atoms with Crippen LogP contribution in [0.1, 0.15) is 60.3 Å². The molecular weight excluding hydrogens is 264 g/mol. The van der Waals surface area contributed by atoms with Crippen molar-refractivity contribution in [2.24, 2.45) is 7.05 Å². The molecule has 1 saturated carbocycles. The summed E-state index contributed by atoms with van der Waals surface area (Å²) in [5.74, 6) is 0.0395. The Hall–Kier alpha value is -1.29. The molecule has 21 heavy (non-hydrogen) atoms. The van der Waals surface area contributed by atoms with Crippen molar-refractivity contribution in [2.45, 2.75) is 64.0 Å². The van der Waals surface area contributed by atoms with Crippen molar-refractivity contribution in [2.75, 3.05) is 6.61 Å². The quantitative estimate of drug-likeness (QED) is 0.910. The first-order valence-electron chi connectivity index (χ1n) is 8.08. The Labute approximate surface area is 126 Å². The van der Waals surface area contributed by atoms with Crippen molar-refractivity contribution < 1.29 is 9.53 Å². The average molecular weight is 290 g/mol. The number of amides is 1. The number of hydrogen-bond acceptors (Lipinski definition) is 2. The predicted molar refractivity (Wildman–Crippen MR) is 82.5 cm³/mol. The molecule has 116 valence electrons. The highest BCUT2D eigenvalue weighted by atomic mass is 16.5. The van der Waals surface area contributed by atoms with Crippen molar-refractivity contribution in [1.82, 2.24) is 9.88 Å². The third kappa shape index (κ3) is 2.73. The van der Waals surface area contributed by atoms with E-state index in [-0.39, 0.29) is 17.6 Å². The smallest absolute Gasteiger partial charge is 0.253 e. The van der Waals surface area contributed by atoms with Gasteiger partial charge >= 0.3 is 0 Å². The van der Waals surface area contributed by atoms with Gasteiger partial charge in [-0.05, 0) is 39.2 Å². The summed E-state index contributed by atoms with van der Waals surface area (Å²) in [4.78, 5) is 12.5. The maximum atomic E-state index is 12.5. The Kier molecular flexibility index (Phi) is 3.82. The number of aryl methyl sites for hydroxylation is 1. The molecular formula is C17H26N2O2. The van der Waals surface area contributed by atoms with Gasteiger partial charge in [-0.1, -0.05) is 19.3 Å². The average Bonchev–Trinajstić information content (AvgIpc) is 2.96. The molecule has 1 saturated heterocycles. The van der Waals surface area contributed by atoms with E-state index in [1.54, 1.807) is 0 Å². The second kappa shape index (κ2) is 5.48. The Morgan fingerprint density at radius 3 is 2.67 bits per heavy atom. The van der Waals surface area contributed by atoms with E-state index < -0.39 is 0 Å². The van der Waals surface area contributed by atoms with E-state index in [9.17, 15) is 4.79 Å². The summed E-state index contributed by atoms with van der Waals surface area (Å²) in [6.45, 7) is 4.69. The Balaban J connectivity index is 1.64. The van der Waals surface area contributed by atoms with Crippen LogP contribution in [0.15, 0.2) is 6.07 Å². The summed E-state index contributed by atoms with van der Waals surface area (Å²) in [6.07, 6.45) is 7.13. The summed E-state index contributed by atoms with van der Waals surface area (Å²) in [7, 11) is 2.00. The largest absolute Gasteiger partial charge is 0.373 e. The second-order valence-electron chi connectivity index (χ2n) is 6.77. The van der Waals surface area contributed by atoms with Crippen molar-refractivity contribution in [3.8, 4) is 0 Å². The highest BCUT2D eigenvalue weighted by Gasteiger charge is 2.41.